The third-order valence-corrected chi connectivity index (χ3v) is 2.69. The normalized spacial score (nSPS) is 11.7. The van der Waals surface area contributed by atoms with E-state index in [1.165, 1.54) is 14.2 Å². The van der Waals surface area contributed by atoms with Gasteiger partial charge >= 0.3 is 5.97 Å². The van der Waals surface area contributed by atoms with Gasteiger partial charge < -0.3 is 14.8 Å². The fourth-order valence-electron chi connectivity index (χ4n) is 1.67. The first kappa shape index (κ1) is 15.2. The van der Waals surface area contributed by atoms with Crippen LogP contribution in [0.5, 0.6) is 0 Å². The number of ether oxygens (including phenoxy) is 2. The molecule has 0 aliphatic carbocycles. The number of esters is 1. The summed E-state index contributed by atoms with van der Waals surface area (Å²) < 4.78 is 9.41. The summed E-state index contributed by atoms with van der Waals surface area (Å²) in [6.07, 6.45) is 0.0923. The van der Waals surface area contributed by atoms with Gasteiger partial charge in [0, 0.05) is 7.11 Å². The van der Waals surface area contributed by atoms with Crippen LogP contribution in [-0.2, 0) is 19.1 Å². The Hall–Kier alpha value is -1.88. The molecule has 0 aromatic heterocycles. The Morgan fingerprint density at radius 3 is 2.37 bits per heavy atom. The highest BCUT2D eigenvalue weighted by molar-refractivity contribution is 5.79. The lowest BCUT2D eigenvalue weighted by Crippen LogP contribution is -2.32. The van der Waals surface area contributed by atoms with E-state index >= 15 is 0 Å². The lowest BCUT2D eigenvalue weighted by molar-refractivity contribution is -0.141. The summed E-state index contributed by atoms with van der Waals surface area (Å²) in [5.41, 5.74) is 1.98. The molecule has 5 nitrogen and oxygen atoms in total. The van der Waals surface area contributed by atoms with E-state index < -0.39 is 6.04 Å². The van der Waals surface area contributed by atoms with E-state index in [-0.39, 0.29) is 24.9 Å². The van der Waals surface area contributed by atoms with Crippen molar-refractivity contribution in [3.63, 3.8) is 0 Å². The zero-order valence-electron chi connectivity index (χ0n) is 11.4. The summed E-state index contributed by atoms with van der Waals surface area (Å²) in [5.74, 6) is -0.639. The molecule has 0 saturated heterocycles. The number of rotatable bonds is 6. The molecule has 1 aromatic carbocycles. The lowest BCUT2D eigenvalue weighted by Gasteiger charge is -2.18. The molecule has 0 aliphatic heterocycles. The van der Waals surface area contributed by atoms with Crippen molar-refractivity contribution in [1.29, 1.82) is 0 Å². The Bertz CT molecular complexity index is 428. The number of benzene rings is 1. The summed E-state index contributed by atoms with van der Waals surface area (Å²) in [4.78, 5) is 23.0. The van der Waals surface area contributed by atoms with Gasteiger partial charge in [-0.1, -0.05) is 29.8 Å². The molecule has 0 radical (unpaired) electrons. The Morgan fingerprint density at radius 2 is 1.84 bits per heavy atom. The average molecular weight is 265 g/mol. The van der Waals surface area contributed by atoms with Crippen molar-refractivity contribution < 1.29 is 19.1 Å². The first-order valence-electron chi connectivity index (χ1n) is 5.98. The van der Waals surface area contributed by atoms with Crippen LogP contribution in [0.4, 0.5) is 0 Å². The number of aryl methyl sites for hydroxylation is 1. The molecule has 1 N–H and O–H groups in total. The fourth-order valence-corrected chi connectivity index (χ4v) is 1.67. The van der Waals surface area contributed by atoms with Crippen LogP contribution in [0.15, 0.2) is 24.3 Å². The predicted octanol–water partition coefficient (Wildman–Crippen LogP) is 1.36. The Morgan fingerprint density at radius 1 is 1.21 bits per heavy atom. The molecule has 0 saturated carbocycles. The minimum Gasteiger partial charge on any atom is -0.469 e. The maximum Gasteiger partial charge on any atom is 0.307 e. The van der Waals surface area contributed by atoms with Crippen LogP contribution in [-0.4, -0.2) is 32.7 Å². The predicted molar refractivity (Wildman–Crippen MR) is 70.6 cm³/mol. The number of carbonyl (C=O) groups is 2. The summed E-state index contributed by atoms with van der Waals surface area (Å²) in [5, 5.41) is 2.75. The summed E-state index contributed by atoms with van der Waals surface area (Å²) in [7, 11) is 2.77. The average Bonchev–Trinajstić information content (AvgIpc) is 2.39. The molecule has 5 heteroatoms. The smallest absolute Gasteiger partial charge is 0.307 e. The minimum absolute atomic E-state index is 0.0382. The first-order chi connectivity index (χ1) is 9.06. The minimum atomic E-state index is -0.407. The van der Waals surface area contributed by atoms with Crippen molar-refractivity contribution in [3.05, 3.63) is 35.4 Å². The maximum atomic E-state index is 11.6. The number of amides is 1. The van der Waals surface area contributed by atoms with Crippen LogP contribution in [0.2, 0.25) is 0 Å². The second-order valence-corrected chi connectivity index (χ2v) is 4.24. The van der Waals surface area contributed by atoms with E-state index in [0.717, 1.165) is 11.1 Å². The van der Waals surface area contributed by atoms with Gasteiger partial charge in [0.1, 0.15) is 6.61 Å². The third kappa shape index (κ3) is 5.09. The number of hydrogen-bond donors (Lipinski definition) is 1. The van der Waals surface area contributed by atoms with Crippen LogP contribution in [0, 0.1) is 6.92 Å². The first-order valence-corrected chi connectivity index (χ1v) is 5.98. The number of nitrogens with one attached hydrogen (secondary N) is 1. The highest BCUT2D eigenvalue weighted by Crippen LogP contribution is 2.18. The molecule has 1 rings (SSSR count). The monoisotopic (exact) mass is 265 g/mol. The largest absolute Gasteiger partial charge is 0.469 e. The zero-order chi connectivity index (χ0) is 14.3. The quantitative estimate of drug-likeness (QED) is 0.789. The second-order valence-electron chi connectivity index (χ2n) is 4.24. The summed E-state index contributed by atoms with van der Waals surface area (Å²) in [6, 6.07) is 7.23. The summed E-state index contributed by atoms with van der Waals surface area (Å²) >= 11 is 0. The highest BCUT2D eigenvalue weighted by atomic mass is 16.5. The van der Waals surface area contributed by atoms with Gasteiger partial charge in [-0.2, -0.15) is 0 Å². The van der Waals surface area contributed by atoms with E-state index in [0.29, 0.717) is 0 Å². The van der Waals surface area contributed by atoms with Crippen molar-refractivity contribution in [2.24, 2.45) is 0 Å². The van der Waals surface area contributed by atoms with E-state index in [1.807, 2.05) is 31.2 Å². The van der Waals surface area contributed by atoms with Crippen molar-refractivity contribution in [1.82, 2.24) is 5.32 Å². The van der Waals surface area contributed by atoms with Crippen LogP contribution in [0.25, 0.3) is 0 Å². The second kappa shape index (κ2) is 7.53. The molecule has 1 aromatic rings. The van der Waals surface area contributed by atoms with Crippen LogP contribution in [0.1, 0.15) is 23.6 Å². The van der Waals surface area contributed by atoms with E-state index in [2.05, 4.69) is 10.1 Å². The molecule has 104 valence electrons. The molecule has 0 unspecified atom stereocenters. The van der Waals surface area contributed by atoms with Crippen molar-refractivity contribution in [2.75, 3.05) is 20.8 Å². The lowest BCUT2D eigenvalue weighted by atomic mass is 10.0. The standard InChI is InChI=1S/C14H19NO4/c1-10-4-6-11(7-5-10)12(8-14(17)19-3)15-13(16)9-18-2/h4-7,12H,8-9H2,1-3H3,(H,15,16)/t12-/m1/s1. The molecule has 0 spiro atoms. The van der Waals surface area contributed by atoms with Gasteiger partial charge in [0.05, 0.1) is 19.6 Å². The molecule has 1 amide bonds. The van der Waals surface area contributed by atoms with E-state index in [4.69, 9.17) is 4.74 Å². The highest BCUT2D eigenvalue weighted by Gasteiger charge is 2.18. The number of hydrogen-bond acceptors (Lipinski definition) is 4. The van der Waals surface area contributed by atoms with Gasteiger partial charge in [-0.05, 0) is 12.5 Å². The van der Waals surface area contributed by atoms with Crippen LogP contribution < -0.4 is 5.32 Å². The maximum absolute atomic E-state index is 11.6. The summed E-state index contributed by atoms with van der Waals surface area (Å²) in [6.45, 7) is 1.94. The Balaban J connectivity index is 2.82. The molecular formula is C14H19NO4. The van der Waals surface area contributed by atoms with Gasteiger partial charge in [-0.3, -0.25) is 9.59 Å². The molecule has 1 atom stereocenters. The molecule has 0 aliphatic rings. The van der Waals surface area contributed by atoms with Crippen LogP contribution >= 0.6 is 0 Å². The van der Waals surface area contributed by atoms with Gasteiger partial charge in [0.15, 0.2) is 0 Å². The molecule has 19 heavy (non-hydrogen) atoms. The van der Waals surface area contributed by atoms with E-state index in [1.54, 1.807) is 0 Å². The SMILES string of the molecule is COCC(=O)N[C@H](CC(=O)OC)c1ccc(C)cc1. The number of carbonyl (C=O) groups excluding carboxylic acids is 2. The van der Waals surface area contributed by atoms with Gasteiger partial charge in [-0.25, -0.2) is 0 Å². The molecule has 0 fully saturated rings. The van der Waals surface area contributed by atoms with Gasteiger partial charge in [0.25, 0.3) is 0 Å². The zero-order valence-corrected chi connectivity index (χ0v) is 11.4. The topological polar surface area (TPSA) is 64.6 Å². The molecule has 0 bridgehead atoms. The van der Waals surface area contributed by atoms with Crippen molar-refractivity contribution in [3.8, 4) is 0 Å². The van der Waals surface area contributed by atoms with Crippen molar-refractivity contribution >= 4 is 11.9 Å². The Labute approximate surface area is 112 Å². The molecular weight excluding hydrogens is 246 g/mol. The molecule has 0 heterocycles. The fraction of sp³-hybridized carbons (Fsp3) is 0.429. The van der Waals surface area contributed by atoms with Crippen molar-refractivity contribution in [2.45, 2.75) is 19.4 Å². The van der Waals surface area contributed by atoms with Gasteiger partial charge in [-0.15, -0.1) is 0 Å². The Kier molecular flexibility index (Phi) is 6.02. The van der Waals surface area contributed by atoms with Gasteiger partial charge in [0.2, 0.25) is 5.91 Å². The van der Waals surface area contributed by atoms with E-state index in [9.17, 15) is 9.59 Å². The van der Waals surface area contributed by atoms with Crippen LogP contribution in [0.3, 0.4) is 0 Å². The number of methoxy groups -OCH3 is 2. The third-order valence-electron chi connectivity index (χ3n) is 2.69.